The maximum atomic E-state index is 13.8. The minimum absolute atomic E-state index is 0.0106. The van der Waals surface area contributed by atoms with Gasteiger partial charge in [0.2, 0.25) is 11.3 Å². The quantitative estimate of drug-likeness (QED) is 0.0969. The normalized spacial score (nSPS) is 18.1. The van der Waals surface area contributed by atoms with Crippen molar-refractivity contribution >= 4 is 50.1 Å². The van der Waals surface area contributed by atoms with Crippen LogP contribution in [0.4, 0.5) is 0 Å². The molecule has 2 rings (SSSR count). The Morgan fingerprint density at radius 2 is 1.62 bits per heavy atom. The third-order valence-electron chi connectivity index (χ3n) is 7.02. The van der Waals surface area contributed by atoms with Gasteiger partial charge in [0, 0.05) is 30.3 Å². The minimum atomic E-state index is -3.77. The van der Waals surface area contributed by atoms with Crippen molar-refractivity contribution in [1.29, 1.82) is 0 Å². The van der Waals surface area contributed by atoms with Crippen LogP contribution in [0.15, 0.2) is 29.4 Å². The molecule has 2 unspecified atom stereocenters. The van der Waals surface area contributed by atoms with Crippen molar-refractivity contribution < 1.29 is 37.5 Å². The third-order valence-corrected chi connectivity index (χ3v) is 15.5. The zero-order chi connectivity index (χ0) is 32.0. The van der Waals surface area contributed by atoms with Crippen LogP contribution < -0.4 is 0 Å². The molecule has 0 spiro atoms. The molecule has 1 amide bonds. The smallest absolute Gasteiger partial charge is 0.359 e. The molecule has 42 heavy (non-hydrogen) atoms. The Morgan fingerprint density at radius 1 is 1.07 bits per heavy atom. The molecule has 0 aliphatic carbocycles. The van der Waals surface area contributed by atoms with Gasteiger partial charge in [-0.05, 0) is 78.2 Å². The number of β-lactam (4-membered cyclic amide) rings is 1. The molecular weight excluding hydrogens is 595 g/mol. The zero-order valence-corrected chi connectivity index (χ0v) is 29.6. The minimum Gasteiger partial charge on any atom is -0.476 e. The largest absolute Gasteiger partial charge is 0.476 e. The van der Waals surface area contributed by atoms with Gasteiger partial charge in [0.25, 0.3) is 7.57 Å². The number of likely N-dealkylation sites (tertiary alicyclic amines) is 1. The number of aliphatic carboxylic acids is 1. The van der Waals surface area contributed by atoms with E-state index >= 15 is 0 Å². The van der Waals surface area contributed by atoms with Crippen molar-refractivity contribution in [2.45, 2.75) is 123 Å². The number of nitrogens with zero attached hydrogens (tertiary/aromatic N) is 2. The Morgan fingerprint density at radius 3 is 2.05 bits per heavy atom. The maximum Gasteiger partial charge on any atom is 0.359 e. The highest BCUT2D eigenvalue weighted by molar-refractivity contribution is 8.13. The molecule has 1 aliphatic heterocycles. The van der Waals surface area contributed by atoms with Crippen LogP contribution in [0.25, 0.3) is 0 Å². The summed E-state index contributed by atoms with van der Waals surface area (Å²) in [6.07, 6.45) is 2.11. The molecule has 0 radical (unpaired) electrons. The number of thioether (sulfide) groups is 1. The van der Waals surface area contributed by atoms with Gasteiger partial charge >= 0.3 is 5.97 Å². The predicted octanol–water partition coefficient (Wildman–Crippen LogP) is 6.58. The molecule has 2 heterocycles. The van der Waals surface area contributed by atoms with E-state index in [1.807, 2.05) is 0 Å². The van der Waals surface area contributed by atoms with E-state index in [-0.39, 0.29) is 22.0 Å². The van der Waals surface area contributed by atoms with E-state index in [1.165, 1.54) is 4.90 Å². The summed E-state index contributed by atoms with van der Waals surface area (Å²) in [7, 11) is -5.85. The number of carbonyl (C=O) groups is 3. The predicted molar refractivity (Wildman–Crippen MR) is 170 cm³/mol. The summed E-state index contributed by atoms with van der Waals surface area (Å²) in [6.45, 7) is 21.6. The van der Waals surface area contributed by atoms with Crippen LogP contribution in [-0.2, 0) is 32.4 Å². The van der Waals surface area contributed by atoms with E-state index in [2.05, 4.69) is 38.8 Å². The molecule has 238 valence electrons. The van der Waals surface area contributed by atoms with Gasteiger partial charge in [-0.15, -0.1) is 0 Å². The Hall–Kier alpha value is -1.53. The highest BCUT2D eigenvalue weighted by atomic mass is 32.2. The van der Waals surface area contributed by atoms with E-state index in [0.717, 1.165) is 11.8 Å². The molecular formula is C29H49N2O8PSSi. The average molecular weight is 645 g/mol. The summed E-state index contributed by atoms with van der Waals surface area (Å²) in [5.74, 6) is -2.40. The zero-order valence-electron chi connectivity index (χ0n) is 26.9. The second-order valence-electron chi connectivity index (χ2n) is 12.7. The number of carboxylic acids is 1. The van der Waals surface area contributed by atoms with E-state index in [4.69, 9.17) is 18.0 Å². The molecule has 1 N–H and O–H groups in total. The van der Waals surface area contributed by atoms with Crippen molar-refractivity contribution in [2.24, 2.45) is 5.92 Å². The number of aromatic nitrogens is 1. The first kappa shape index (κ1) is 36.7. The lowest BCUT2D eigenvalue weighted by Gasteiger charge is -2.49. The molecule has 10 nitrogen and oxygen atoms in total. The SMILES string of the molecule is CC(C)OP(OC(C)C)(OC(C)C)=C(C(=O)O)N1C(=O)C(CCO[Si](C)(C)C(C)(C)C)C1CC(=O)Sc1cccnc1. The van der Waals surface area contributed by atoms with Crippen LogP contribution >= 0.6 is 19.3 Å². The highest BCUT2D eigenvalue weighted by Crippen LogP contribution is 2.58. The van der Waals surface area contributed by atoms with Gasteiger partial charge in [-0.1, -0.05) is 32.5 Å². The van der Waals surface area contributed by atoms with Crippen LogP contribution in [0.2, 0.25) is 18.1 Å². The monoisotopic (exact) mass is 644 g/mol. The van der Waals surface area contributed by atoms with Crippen molar-refractivity contribution in [2.75, 3.05) is 6.61 Å². The number of pyridine rings is 1. The lowest BCUT2D eigenvalue weighted by atomic mass is 9.83. The highest BCUT2D eigenvalue weighted by Gasteiger charge is 2.55. The van der Waals surface area contributed by atoms with Gasteiger partial charge in [-0.2, -0.15) is 0 Å². The van der Waals surface area contributed by atoms with Gasteiger partial charge in [0.15, 0.2) is 13.4 Å². The van der Waals surface area contributed by atoms with Gasteiger partial charge in [0.05, 0.1) is 30.3 Å². The number of carboxylic acid groups (broad SMARTS) is 1. The first-order chi connectivity index (χ1) is 19.3. The fourth-order valence-electron chi connectivity index (χ4n) is 4.23. The van der Waals surface area contributed by atoms with E-state index < -0.39 is 58.0 Å². The van der Waals surface area contributed by atoms with Crippen LogP contribution in [0.5, 0.6) is 0 Å². The summed E-state index contributed by atoms with van der Waals surface area (Å²) in [6, 6.07) is 2.78. The van der Waals surface area contributed by atoms with Crippen molar-refractivity contribution in [1.82, 2.24) is 9.88 Å². The number of amides is 1. The summed E-state index contributed by atoms with van der Waals surface area (Å²) in [5, 5.41) is 10.4. The Labute approximate surface area is 256 Å². The van der Waals surface area contributed by atoms with Gasteiger partial charge in [-0.25, -0.2) is 4.79 Å². The van der Waals surface area contributed by atoms with Crippen molar-refractivity contribution in [3.8, 4) is 0 Å². The molecule has 13 heteroatoms. The molecule has 1 aromatic rings. The van der Waals surface area contributed by atoms with E-state index in [0.29, 0.717) is 17.9 Å². The van der Waals surface area contributed by atoms with Gasteiger partial charge in [-0.3, -0.25) is 19.5 Å². The molecule has 0 aromatic carbocycles. The topological polar surface area (TPSA) is 124 Å². The average Bonchev–Trinajstić information content (AvgIpc) is 2.82. The summed E-state index contributed by atoms with van der Waals surface area (Å²) in [4.78, 5) is 46.0. The summed E-state index contributed by atoms with van der Waals surface area (Å²) in [5.41, 5.74) is -0.380. The molecule has 1 fully saturated rings. The third kappa shape index (κ3) is 9.48. The number of hydrogen-bond donors (Lipinski definition) is 1. The second kappa shape index (κ2) is 15.0. The second-order valence-corrected chi connectivity index (χ2v) is 20.7. The molecule has 1 aromatic heterocycles. The first-order valence-electron chi connectivity index (χ1n) is 14.4. The Bertz CT molecular complexity index is 1120. The lowest BCUT2D eigenvalue weighted by Crippen LogP contribution is -2.65. The van der Waals surface area contributed by atoms with E-state index in [1.54, 1.807) is 66.1 Å². The van der Waals surface area contributed by atoms with Gasteiger partial charge < -0.3 is 23.1 Å². The van der Waals surface area contributed by atoms with Gasteiger partial charge in [0.1, 0.15) is 0 Å². The standard InChI is InChI=1S/C29H49N2O8PSSi/c1-19(2)37-40(38-20(3)4,39-21(5)6)27(28(34)35)31-24(17-25(32)41-22-13-12-15-30-18-22)23(26(31)33)14-16-36-42(10,11)29(7,8)9/h12-13,15,18-21,23-24H,14,16-17H2,1-11H3,(H,34,35). The fraction of sp³-hybridized carbons (Fsp3) is 0.690. The number of hydrogen-bond acceptors (Lipinski definition) is 9. The fourth-order valence-corrected chi connectivity index (χ4v) is 8.93. The summed E-state index contributed by atoms with van der Waals surface area (Å²) >= 11 is 1.01. The van der Waals surface area contributed by atoms with Crippen molar-refractivity contribution in [3.05, 3.63) is 24.5 Å². The summed E-state index contributed by atoms with van der Waals surface area (Å²) < 4.78 is 24.9. The van der Waals surface area contributed by atoms with Crippen LogP contribution in [0.3, 0.4) is 0 Å². The maximum absolute atomic E-state index is 13.8. The number of carbonyl (C=O) groups excluding carboxylic acids is 2. The molecule has 2 atom stereocenters. The van der Waals surface area contributed by atoms with E-state index in [9.17, 15) is 19.5 Å². The van der Waals surface area contributed by atoms with Crippen LogP contribution in [-0.4, -0.2) is 76.7 Å². The molecule has 1 saturated heterocycles. The van der Waals surface area contributed by atoms with Crippen LogP contribution in [0, 0.1) is 5.92 Å². The molecule has 1 aliphatic rings. The first-order valence-corrected chi connectivity index (χ1v) is 19.7. The number of rotatable bonds is 15. The Kier molecular flexibility index (Phi) is 13.1. The molecule has 0 bridgehead atoms. The van der Waals surface area contributed by atoms with Crippen LogP contribution in [0.1, 0.15) is 75.2 Å². The lowest BCUT2D eigenvalue weighted by molar-refractivity contribution is -0.152. The molecule has 0 saturated carbocycles. The van der Waals surface area contributed by atoms with Crippen molar-refractivity contribution in [3.63, 3.8) is 0 Å². The Balaban J connectivity index is 2.58.